The largest absolute Gasteiger partial charge is 0.337 e. The third-order valence-corrected chi connectivity index (χ3v) is 3.91. The van der Waals surface area contributed by atoms with Crippen molar-refractivity contribution in [1.82, 2.24) is 20.4 Å². The summed E-state index contributed by atoms with van der Waals surface area (Å²) in [4.78, 5) is 30.1. The Labute approximate surface area is 145 Å². The molecule has 1 N–H and O–H groups in total. The maximum Gasteiger partial charge on any atom is 0.262 e. The summed E-state index contributed by atoms with van der Waals surface area (Å²) in [5.74, 6) is 0.161. The van der Waals surface area contributed by atoms with Gasteiger partial charge in [0.05, 0.1) is 11.1 Å². The van der Waals surface area contributed by atoms with Crippen LogP contribution in [0.4, 0.5) is 0 Å². The zero-order valence-corrected chi connectivity index (χ0v) is 14.5. The minimum Gasteiger partial charge on any atom is -0.337 e. The first-order valence-corrected chi connectivity index (χ1v) is 7.45. The first kappa shape index (κ1) is 18.1. The van der Waals surface area contributed by atoms with Gasteiger partial charge in [0.15, 0.2) is 5.82 Å². The molecule has 1 unspecified atom stereocenters. The molecule has 1 aromatic heterocycles. The van der Waals surface area contributed by atoms with Crippen molar-refractivity contribution in [3.63, 3.8) is 0 Å². The van der Waals surface area contributed by atoms with Crippen LogP contribution in [0.5, 0.6) is 0 Å². The number of imide groups is 1. The lowest BCUT2D eigenvalue weighted by Gasteiger charge is -2.10. The van der Waals surface area contributed by atoms with E-state index >= 15 is 0 Å². The second-order valence-corrected chi connectivity index (χ2v) is 5.74. The number of rotatable bonds is 5. The predicted molar refractivity (Wildman–Crippen MR) is 89.2 cm³/mol. The predicted octanol–water partition coefficient (Wildman–Crippen LogP) is 1.75. The Kier molecular flexibility index (Phi) is 5.36. The highest BCUT2D eigenvalue weighted by atomic mass is 35.5. The highest BCUT2D eigenvalue weighted by molar-refractivity contribution is 6.21. The van der Waals surface area contributed by atoms with Gasteiger partial charge in [0.2, 0.25) is 5.89 Å². The molecule has 1 aliphatic rings. The Morgan fingerprint density at radius 2 is 1.96 bits per heavy atom. The molecular formula is C16H19ClN4O3. The molecule has 7 nitrogen and oxygen atoms in total. The molecule has 0 radical (unpaired) electrons. The fourth-order valence-electron chi connectivity index (χ4n) is 2.50. The van der Waals surface area contributed by atoms with E-state index < -0.39 is 0 Å². The Morgan fingerprint density at radius 3 is 2.67 bits per heavy atom. The lowest BCUT2D eigenvalue weighted by atomic mass is 10.1. The van der Waals surface area contributed by atoms with Crippen LogP contribution in [0, 0.1) is 6.92 Å². The van der Waals surface area contributed by atoms with Crippen molar-refractivity contribution in [3.8, 4) is 0 Å². The van der Waals surface area contributed by atoms with E-state index in [2.05, 4.69) is 15.5 Å². The molecule has 2 aromatic rings. The van der Waals surface area contributed by atoms with Crippen molar-refractivity contribution >= 4 is 24.2 Å². The van der Waals surface area contributed by atoms with Crippen LogP contribution in [0.1, 0.15) is 44.9 Å². The van der Waals surface area contributed by atoms with Crippen molar-refractivity contribution in [1.29, 1.82) is 0 Å². The highest BCUT2D eigenvalue weighted by Gasteiger charge is 2.36. The molecule has 0 saturated heterocycles. The number of nitrogens with one attached hydrogen (secondary N) is 1. The summed E-state index contributed by atoms with van der Waals surface area (Å²) in [5, 5.41) is 6.97. The van der Waals surface area contributed by atoms with E-state index in [-0.39, 0.29) is 42.7 Å². The highest BCUT2D eigenvalue weighted by Crippen LogP contribution is 2.25. The van der Waals surface area contributed by atoms with Crippen LogP contribution >= 0.6 is 12.4 Å². The van der Waals surface area contributed by atoms with Crippen molar-refractivity contribution in [2.45, 2.75) is 32.9 Å². The molecular weight excluding hydrogens is 332 g/mol. The van der Waals surface area contributed by atoms with E-state index in [0.29, 0.717) is 23.4 Å². The number of hydrogen-bond acceptors (Lipinski definition) is 6. The molecule has 0 spiro atoms. The van der Waals surface area contributed by atoms with Crippen molar-refractivity contribution in [2.24, 2.45) is 0 Å². The van der Waals surface area contributed by atoms with Gasteiger partial charge in [-0.15, -0.1) is 12.4 Å². The molecule has 1 atom stereocenters. The summed E-state index contributed by atoms with van der Waals surface area (Å²) < 4.78 is 5.16. The standard InChI is InChI=1S/C16H18N4O3.ClH/c1-9-4-5-11-12(6-9)16(22)20(15(11)21)8-14-18-13(19-23-14)7-10(2)17-3;/h4-6,10,17H,7-8H2,1-3H3;1H. The fourth-order valence-corrected chi connectivity index (χ4v) is 2.50. The summed E-state index contributed by atoms with van der Waals surface area (Å²) in [6, 6.07) is 5.43. The van der Waals surface area contributed by atoms with E-state index in [1.54, 1.807) is 12.1 Å². The average Bonchev–Trinajstić information content (AvgIpc) is 3.06. The zero-order chi connectivity index (χ0) is 16.6. The lowest BCUT2D eigenvalue weighted by molar-refractivity contribution is 0.0625. The van der Waals surface area contributed by atoms with Crippen LogP contribution in [0.15, 0.2) is 22.7 Å². The monoisotopic (exact) mass is 350 g/mol. The number of benzene rings is 1. The number of amides is 2. The molecule has 3 rings (SSSR count). The Hall–Kier alpha value is -2.25. The Bertz CT molecular complexity index is 774. The maximum absolute atomic E-state index is 12.4. The van der Waals surface area contributed by atoms with Crippen LogP contribution in [0.25, 0.3) is 0 Å². The quantitative estimate of drug-likeness (QED) is 0.826. The number of nitrogens with zero attached hydrogens (tertiary/aromatic N) is 3. The number of fused-ring (bicyclic) bond motifs is 1. The summed E-state index contributed by atoms with van der Waals surface area (Å²) in [5.41, 5.74) is 1.79. The minimum absolute atomic E-state index is 0. The van der Waals surface area contributed by atoms with Gasteiger partial charge in [-0.25, -0.2) is 0 Å². The number of hydrogen-bond donors (Lipinski definition) is 1. The van der Waals surface area contributed by atoms with Gasteiger partial charge in [-0.1, -0.05) is 16.8 Å². The van der Waals surface area contributed by atoms with Gasteiger partial charge in [-0.3, -0.25) is 14.5 Å². The number of aryl methyl sites for hydroxylation is 1. The fraction of sp³-hybridized carbons (Fsp3) is 0.375. The van der Waals surface area contributed by atoms with Gasteiger partial charge in [0.25, 0.3) is 11.8 Å². The van der Waals surface area contributed by atoms with Crippen LogP contribution in [0.3, 0.4) is 0 Å². The summed E-state index contributed by atoms with van der Waals surface area (Å²) in [7, 11) is 1.85. The topological polar surface area (TPSA) is 88.3 Å². The van der Waals surface area contributed by atoms with Crippen LogP contribution in [0.2, 0.25) is 0 Å². The first-order valence-electron chi connectivity index (χ1n) is 7.45. The Balaban J connectivity index is 0.00000208. The number of carbonyl (C=O) groups is 2. The van der Waals surface area contributed by atoms with Crippen molar-refractivity contribution in [2.75, 3.05) is 7.05 Å². The second kappa shape index (κ2) is 7.11. The normalized spacial score (nSPS) is 14.5. The van der Waals surface area contributed by atoms with Gasteiger partial charge >= 0.3 is 0 Å². The third kappa shape index (κ3) is 3.32. The molecule has 0 fully saturated rings. The number of halogens is 1. The molecule has 128 valence electrons. The van der Waals surface area contributed by atoms with E-state index in [9.17, 15) is 9.59 Å². The SMILES string of the molecule is CNC(C)Cc1noc(CN2C(=O)c3ccc(C)cc3C2=O)n1.Cl. The summed E-state index contributed by atoms with van der Waals surface area (Å²) >= 11 is 0. The molecule has 24 heavy (non-hydrogen) atoms. The summed E-state index contributed by atoms with van der Waals surface area (Å²) in [6.07, 6.45) is 0.612. The molecule has 1 aliphatic heterocycles. The van der Waals surface area contributed by atoms with Gasteiger partial charge in [0, 0.05) is 12.5 Å². The lowest BCUT2D eigenvalue weighted by Crippen LogP contribution is -2.29. The Morgan fingerprint density at radius 1 is 1.25 bits per heavy atom. The average molecular weight is 351 g/mol. The van der Waals surface area contributed by atoms with E-state index in [4.69, 9.17) is 4.52 Å². The molecule has 1 aromatic carbocycles. The van der Waals surface area contributed by atoms with Crippen LogP contribution in [-0.2, 0) is 13.0 Å². The van der Waals surface area contributed by atoms with Crippen molar-refractivity contribution < 1.29 is 14.1 Å². The number of likely N-dealkylation sites (N-methyl/N-ethyl adjacent to an activating group) is 1. The smallest absolute Gasteiger partial charge is 0.262 e. The molecule has 2 heterocycles. The van der Waals surface area contributed by atoms with Gasteiger partial charge in [-0.05, 0) is 33.0 Å². The molecule has 2 amide bonds. The second-order valence-electron chi connectivity index (χ2n) is 5.74. The van der Waals surface area contributed by atoms with Gasteiger partial charge in [-0.2, -0.15) is 4.98 Å². The van der Waals surface area contributed by atoms with Crippen LogP contribution < -0.4 is 5.32 Å². The van der Waals surface area contributed by atoms with E-state index in [0.717, 1.165) is 10.5 Å². The summed E-state index contributed by atoms with van der Waals surface area (Å²) in [6.45, 7) is 3.88. The van der Waals surface area contributed by atoms with Gasteiger partial charge < -0.3 is 9.84 Å². The van der Waals surface area contributed by atoms with E-state index in [1.807, 2.05) is 27.0 Å². The molecule has 8 heteroatoms. The van der Waals surface area contributed by atoms with Crippen molar-refractivity contribution in [3.05, 3.63) is 46.6 Å². The van der Waals surface area contributed by atoms with Gasteiger partial charge in [0.1, 0.15) is 6.54 Å². The number of carbonyl (C=O) groups excluding carboxylic acids is 2. The molecule has 0 aliphatic carbocycles. The van der Waals surface area contributed by atoms with Crippen LogP contribution in [-0.4, -0.2) is 39.9 Å². The number of aromatic nitrogens is 2. The third-order valence-electron chi connectivity index (χ3n) is 3.91. The first-order chi connectivity index (χ1) is 11.0. The minimum atomic E-state index is -0.326. The zero-order valence-electron chi connectivity index (χ0n) is 13.7. The van der Waals surface area contributed by atoms with E-state index in [1.165, 1.54) is 0 Å². The molecule has 0 bridgehead atoms. The maximum atomic E-state index is 12.4. The molecule has 0 saturated carbocycles.